The predicted molar refractivity (Wildman–Crippen MR) is 152 cm³/mol. The van der Waals surface area contributed by atoms with E-state index in [9.17, 15) is 0 Å². The number of benzene rings is 5. The Morgan fingerprint density at radius 1 is 0.471 bits per heavy atom. The van der Waals surface area contributed by atoms with Crippen LogP contribution in [0.3, 0.4) is 0 Å². The van der Waals surface area contributed by atoms with E-state index < -0.39 is 15.1 Å². The van der Waals surface area contributed by atoms with Gasteiger partial charge in [0.2, 0.25) is 0 Å². The van der Waals surface area contributed by atoms with Crippen molar-refractivity contribution < 1.29 is 4.57 Å². The predicted octanol–water partition coefficient (Wildman–Crippen LogP) is 5.85. The fourth-order valence-corrected chi connectivity index (χ4v) is 10.2. The minimum absolute atomic E-state index is 0.814. The summed E-state index contributed by atoms with van der Waals surface area (Å²) in [7, 11) is -3.89. The maximum Gasteiger partial charge on any atom is 0.171 e. The lowest BCUT2D eigenvalue weighted by atomic mass is 10.3. The number of halogens is 1. The quantitative estimate of drug-likeness (QED) is 0.247. The summed E-state index contributed by atoms with van der Waals surface area (Å²) in [5.74, 6) is 0. The molecule has 0 aliphatic carbocycles. The molecule has 0 heterocycles. The van der Waals surface area contributed by atoms with Crippen LogP contribution in [0.15, 0.2) is 144 Å². The molecule has 0 unspecified atom stereocenters. The molecule has 34 heavy (non-hydrogen) atoms. The van der Waals surface area contributed by atoms with Gasteiger partial charge in [0.1, 0.15) is 0 Å². The summed E-state index contributed by atoms with van der Waals surface area (Å²) in [5.41, 5.74) is 0. The van der Waals surface area contributed by atoms with E-state index in [1.165, 1.54) is 15.9 Å². The van der Waals surface area contributed by atoms with Crippen LogP contribution in [-0.4, -0.2) is 0 Å². The van der Waals surface area contributed by atoms with Crippen molar-refractivity contribution in [3.63, 3.8) is 0 Å². The van der Waals surface area contributed by atoms with Crippen LogP contribution < -0.4 is 31.8 Å². The van der Waals surface area contributed by atoms with Gasteiger partial charge in [-0.15, -0.1) is 0 Å². The minimum Gasteiger partial charge on any atom is -0.309 e. The first-order valence-electron chi connectivity index (χ1n) is 11.1. The molecule has 4 heteroatoms. The third kappa shape index (κ3) is 4.59. The van der Waals surface area contributed by atoms with E-state index in [-0.39, 0.29) is 0 Å². The molecule has 5 rings (SSSR count). The van der Waals surface area contributed by atoms with Crippen molar-refractivity contribution in [1.82, 2.24) is 0 Å². The van der Waals surface area contributed by atoms with Gasteiger partial charge in [-0.25, -0.2) is 0 Å². The van der Waals surface area contributed by atoms with Gasteiger partial charge in [-0.3, -0.25) is 0 Å². The van der Waals surface area contributed by atoms with E-state index in [0.29, 0.717) is 0 Å². The van der Waals surface area contributed by atoms with E-state index in [1.807, 2.05) is 78.9 Å². The summed E-state index contributed by atoms with van der Waals surface area (Å²) in [6.45, 7) is 0. The Morgan fingerprint density at radius 3 is 1.32 bits per heavy atom. The number of hydrogen-bond acceptors (Lipinski definition) is 1. The average Bonchev–Trinajstić information content (AvgIpc) is 2.90. The Hall–Kier alpha value is -2.76. The van der Waals surface area contributed by atoms with Crippen molar-refractivity contribution in [1.29, 1.82) is 0 Å². The number of hydrogen-bond donors (Lipinski definition) is 0. The van der Waals surface area contributed by atoms with Gasteiger partial charge < -0.3 is 4.57 Å². The molecular weight excluding hydrogens is 518 g/mol. The standard InChI is InChI=1S/C30H23BrOP2/c31-24-21-27(33(25-13-5-1-6-14-25)26-15-7-2-8-16-26)23-30(22-24)34(32,28-17-9-3-10-18-28)29-19-11-4-12-20-29/h1-23H. The van der Waals surface area contributed by atoms with Crippen molar-refractivity contribution in [2.45, 2.75) is 0 Å². The van der Waals surface area contributed by atoms with Gasteiger partial charge in [0.15, 0.2) is 7.14 Å². The molecule has 0 bridgehead atoms. The van der Waals surface area contributed by atoms with Crippen LogP contribution in [0.25, 0.3) is 0 Å². The fraction of sp³-hybridized carbons (Fsp3) is 0. The monoisotopic (exact) mass is 540 g/mol. The van der Waals surface area contributed by atoms with Crippen molar-refractivity contribution in [3.8, 4) is 0 Å². The highest BCUT2D eigenvalue weighted by molar-refractivity contribution is 9.10. The van der Waals surface area contributed by atoms with E-state index >= 15 is 4.57 Å². The highest BCUT2D eigenvalue weighted by Gasteiger charge is 2.31. The molecule has 0 amide bonds. The average molecular weight is 541 g/mol. The first kappa shape index (κ1) is 23.0. The minimum atomic E-state index is -3.07. The smallest absolute Gasteiger partial charge is 0.171 e. The second kappa shape index (κ2) is 10.2. The maximum atomic E-state index is 15.0. The summed E-state index contributed by atoms with van der Waals surface area (Å²) in [6.07, 6.45) is 0. The molecule has 0 saturated carbocycles. The van der Waals surface area contributed by atoms with Crippen LogP contribution in [-0.2, 0) is 4.57 Å². The summed E-state index contributed by atoms with van der Waals surface area (Å²) in [5, 5.41) is 6.23. The first-order chi connectivity index (χ1) is 16.7. The largest absolute Gasteiger partial charge is 0.309 e. The summed E-state index contributed by atoms with van der Waals surface area (Å²) in [6, 6.07) is 47.3. The molecule has 0 N–H and O–H groups in total. The fourth-order valence-electron chi connectivity index (χ4n) is 4.19. The maximum absolute atomic E-state index is 15.0. The third-order valence-corrected chi connectivity index (χ3v) is 11.7. The molecule has 0 aromatic heterocycles. The first-order valence-corrected chi connectivity index (χ1v) is 14.9. The molecule has 0 spiro atoms. The van der Waals surface area contributed by atoms with Crippen LogP contribution in [0.1, 0.15) is 0 Å². The van der Waals surface area contributed by atoms with Gasteiger partial charge >= 0.3 is 0 Å². The van der Waals surface area contributed by atoms with E-state index in [2.05, 4.69) is 76.6 Å². The molecule has 0 aliphatic heterocycles. The summed E-state index contributed by atoms with van der Waals surface area (Å²) < 4.78 is 15.9. The highest BCUT2D eigenvalue weighted by Crippen LogP contribution is 2.44. The molecule has 0 atom stereocenters. The van der Waals surface area contributed by atoms with E-state index in [1.54, 1.807) is 0 Å². The van der Waals surface area contributed by atoms with Gasteiger partial charge in [0.05, 0.1) is 0 Å². The van der Waals surface area contributed by atoms with Crippen LogP contribution in [0, 0.1) is 0 Å². The summed E-state index contributed by atoms with van der Waals surface area (Å²) in [4.78, 5) is 0. The molecule has 0 radical (unpaired) electrons. The molecule has 166 valence electrons. The summed E-state index contributed by atoms with van der Waals surface area (Å²) >= 11 is 3.75. The van der Waals surface area contributed by atoms with Crippen LogP contribution in [0.2, 0.25) is 0 Å². The van der Waals surface area contributed by atoms with Crippen LogP contribution in [0.5, 0.6) is 0 Å². The zero-order chi connectivity index (χ0) is 23.4. The molecule has 0 fully saturated rings. The lowest BCUT2D eigenvalue weighted by Crippen LogP contribution is -2.29. The van der Waals surface area contributed by atoms with Crippen molar-refractivity contribution >= 4 is 62.8 Å². The molecule has 0 aliphatic rings. The SMILES string of the molecule is O=P(c1ccccc1)(c1ccccc1)c1cc(Br)cc(P(c2ccccc2)c2ccccc2)c1. The normalized spacial score (nSPS) is 11.5. The van der Waals surface area contributed by atoms with Gasteiger partial charge in [0.25, 0.3) is 0 Å². The Morgan fingerprint density at radius 2 is 0.882 bits per heavy atom. The number of rotatable bonds is 6. The second-order valence-electron chi connectivity index (χ2n) is 7.95. The van der Waals surface area contributed by atoms with Crippen molar-refractivity contribution in [2.24, 2.45) is 0 Å². The lowest BCUT2D eigenvalue weighted by molar-refractivity contribution is 0.592. The highest BCUT2D eigenvalue weighted by atomic mass is 79.9. The topological polar surface area (TPSA) is 17.1 Å². The molecule has 5 aromatic rings. The van der Waals surface area contributed by atoms with Crippen LogP contribution in [0.4, 0.5) is 0 Å². The van der Waals surface area contributed by atoms with Crippen molar-refractivity contribution in [2.75, 3.05) is 0 Å². The van der Waals surface area contributed by atoms with Gasteiger partial charge in [-0.1, -0.05) is 137 Å². The second-order valence-corrected chi connectivity index (χ2v) is 13.9. The van der Waals surface area contributed by atoms with Gasteiger partial charge in [-0.05, 0) is 42.0 Å². The van der Waals surface area contributed by atoms with E-state index in [4.69, 9.17) is 0 Å². The Balaban J connectivity index is 1.75. The molecule has 0 saturated heterocycles. The van der Waals surface area contributed by atoms with E-state index in [0.717, 1.165) is 20.4 Å². The van der Waals surface area contributed by atoms with Gasteiger partial charge in [0, 0.05) is 20.4 Å². The molecular formula is C30H23BrOP2. The lowest BCUT2D eigenvalue weighted by Gasteiger charge is -2.24. The molecule has 5 aromatic carbocycles. The Labute approximate surface area is 210 Å². The van der Waals surface area contributed by atoms with Crippen LogP contribution >= 0.6 is 31.0 Å². The zero-order valence-electron chi connectivity index (χ0n) is 18.5. The van der Waals surface area contributed by atoms with Crippen molar-refractivity contribution in [3.05, 3.63) is 144 Å². The Kier molecular flexibility index (Phi) is 6.93. The van der Waals surface area contributed by atoms with Gasteiger partial charge in [-0.2, -0.15) is 0 Å². The molecule has 1 nitrogen and oxygen atoms in total. The zero-order valence-corrected chi connectivity index (χ0v) is 21.8. The third-order valence-electron chi connectivity index (χ3n) is 5.76. The Bertz CT molecular complexity index is 1340.